The second kappa shape index (κ2) is 8.56. The number of benzene rings is 1. The summed E-state index contributed by atoms with van der Waals surface area (Å²) in [6.07, 6.45) is 2.72. The second-order valence-corrected chi connectivity index (χ2v) is 5.74. The summed E-state index contributed by atoms with van der Waals surface area (Å²) in [5.41, 5.74) is 1.03. The van der Waals surface area contributed by atoms with Gasteiger partial charge in [0.05, 0.1) is 19.6 Å². The average molecular weight is 319 g/mol. The number of nitrogens with zero attached hydrogens (tertiary/aromatic N) is 1. The molecule has 0 N–H and O–H groups in total. The fourth-order valence-corrected chi connectivity index (χ4v) is 2.97. The lowest BCUT2D eigenvalue weighted by atomic mass is 9.97. The molecule has 1 aromatic carbocycles. The number of rotatable bonds is 6. The van der Waals surface area contributed by atoms with Gasteiger partial charge in [-0.1, -0.05) is 18.2 Å². The summed E-state index contributed by atoms with van der Waals surface area (Å²) in [6, 6.07) is 7.74. The Morgan fingerprint density at radius 1 is 1.30 bits per heavy atom. The summed E-state index contributed by atoms with van der Waals surface area (Å²) >= 11 is 0. The molecule has 5 heteroatoms. The van der Waals surface area contributed by atoms with Gasteiger partial charge in [0.1, 0.15) is 5.75 Å². The number of likely N-dealkylation sites (tertiary alicyclic amines) is 1. The zero-order valence-electron chi connectivity index (χ0n) is 13.9. The Hall–Kier alpha value is -2.04. The van der Waals surface area contributed by atoms with Crippen LogP contribution in [0.25, 0.3) is 0 Å². The Morgan fingerprint density at radius 2 is 2.09 bits per heavy atom. The fraction of sp³-hybridized carbons (Fsp3) is 0.556. The van der Waals surface area contributed by atoms with Crippen molar-refractivity contribution in [2.24, 2.45) is 5.92 Å². The number of para-hydroxylation sites is 1. The van der Waals surface area contributed by atoms with Gasteiger partial charge < -0.3 is 14.4 Å². The maximum atomic E-state index is 12.4. The molecule has 1 aromatic rings. The molecule has 1 unspecified atom stereocenters. The zero-order valence-corrected chi connectivity index (χ0v) is 13.9. The summed E-state index contributed by atoms with van der Waals surface area (Å²) in [5.74, 6) is 0.530. The van der Waals surface area contributed by atoms with E-state index in [9.17, 15) is 9.59 Å². The number of esters is 1. The van der Waals surface area contributed by atoms with Crippen molar-refractivity contribution in [2.75, 3.05) is 26.8 Å². The molecule has 0 aromatic heterocycles. The lowest BCUT2D eigenvalue weighted by Gasteiger charge is -2.31. The first kappa shape index (κ1) is 17.3. The Bertz CT molecular complexity index is 544. The number of amides is 1. The van der Waals surface area contributed by atoms with Crippen LogP contribution in [0.15, 0.2) is 24.3 Å². The van der Waals surface area contributed by atoms with Crippen molar-refractivity contribution in [3.63, 3.8) is 0 Å². The van der Waals surface area contributed by atoms with Gasteiger partial charge in [0.25, 0.3) is 0 Å². The van der Waals surface area contributed by atoms with E-state index in [1.54, 1.807) is 18.9 Å². The van der Waals surface area contributed by atoms with Crippen LogP contribution in [-0.2, 0) is 20.7 Å². The van der Waals surface area contributed by atoms with E-state index in [0.29, 0.717) is 26.0 Å². The van der Waals surface area contributed by atoms with Gasteiger partial charge in [0, 0.05) is 19.5 Å². The molecule has 1 aliphatic rings. The van der Waals surface area contributed by atoms with Gasteiger partial charge in [-0.2, -0.15) is 0 Å². The zero-order chi connectivity index (χ0) is 16.7. The van der Waals surface area contributed by atoms with Crippen LogP contribution in [0.1, 0.15) is 31.7 Å². The minimum atomic E-state index is -0.185. The molecule has 2 rings (SSSR count). The number of hydrogen-bond acceptors (Lipinski definition) is 4. The van der Waals surface area contributed by atoms with Crippen LogP contribution in [-0.4, -0.2) is 43.6 Å². The molecule has 1 fully saturated rings. The number of methoxy groups -OCH3 is 1. The van der Waals surface area contributed by atoms with Gasteiger partial charge in [-0.3, -0.25) is 9.59 Å². The molecule has 1 atom stereocenters. The topological polar surface area (TPSA) is 55.8 Å². The van der Waals surface area contributed by atoms with E-state index in [4.69, 9.17) is 9.47 Å². The van der Waals surface area contributed by atoms with Gasteiger partial charge in [0.15, 0.2) is 0 Å². The smallest absolute Gasteiger partial charge is 0.310 e. The molecular formula is C18H25NO4. The lowest BCUT2D eigenvalue weighted by Crippen LogP contribution is -2.42. The van der Waals surface area contributed by atoms with Crippen LogP contribution in [0.3, 0.4) is 0 Å². The predicted octanol–water partition coefficient (Wildman–Crippen LogP) is 2.43. The van der Waals surface area contributed by atoms with Crippen LogP contribution in [0.4, 0.5) is 0 Å². The quantitative estimate of drug-likeness (QED) is 0.756. The first-order valence-corrected chi connectivity index (χ1v) is 8.22. The van der Waals surface area contributed by atoms with Gasteiger partial charge in [0.2, 0.25) is 5.91 Å². The Balaban J connectivity index is 1.89. The van der Waals surface area contributed by atoms with Gasteiger partial charge >= 0.3 is 5.97 Å². The van der Waals surface area contributed by atoms with Crippen molar-refractivity contribution in [3.05, 3.63) is 29.8 Å². The summed E-state index contributed by atoms with van der Waals surface area (Å²) in [7, 11) is 1.63. The fourth-order valence-electron chi connectivity index (χ4n) is 2.97. The van der Waals surface area contributed by atoms with Crippen molar-refractivity contribution in [1.82, 2.24) is 4.90 Å². The molecule has 126 valence electrons. The number of hydrogen-bond donors (Lipinski definition) is 0. The van der Waals surface area contributed by atoms with Crippen molar-refractivity contribution < 1.29 is 19.1 Å². The first-order valence-electron chi connectivity index (χ1n) is 8.22. The van der Waals surface area contributed by atoms with Gasteiger partial charge in [-0.15, -0.1) is 0 Å². The summed E-state index contributed by atoms with van der Waals surface area (Å²) in [4.78, 5) is 26.1. The third-order valence-corrected chi connectivity index (χ3v) is 4.19. The average Bonchev–Trinajstić information content (AvgIpc) is 2.60. The minimum absolute atomic E-state index is 0.0879. The minimum Gasteiger partial charge on any atom is -0.496 e. The SMILES string of the molecule is CCOC(=O)C1CCCN(C(=O)CCc2ccccc2OC)C1. The number of ether oxygens (including phenoxy) is 2. The van der Waals surface area contributed by atoms with Gasteiger partial charge in [-0.25, -0.2) is 0 Å². The Labute approximate surface area is 137 Å². The summed E-state index contributed by atoms with van der Waals surface area (Å²) < 4.78 is 10.4. The second-order valence-electron chi connectivity index (χ2n) is 5.74. The molecule has 5 nitrogen and oxygen atoms in total. The van der Waals surface area contributed by atoms with Crippen LogP contribution in [0.2, 0.25) is 0 Å². The molecule has 1 saturated heterocycles. The number of carbonyl (C=O) groups is 2. The molecule has 0 radical (unpaired) electrons. The molecule has 23 heavy (non-hydrogen) atoms. The van der Waals surface area contributed by atoms with Crippen molar-refractivity contribution >= 4 is 11.9 Å². The van der Waals surface area contributed by atoms with Crippen LogP contribution < -0.4 is 4.74 Å². The highest BCUT2D eigenvalue weighted by molar-refractivity contribution is 5.78. The van der Waals surface area contributed by atoms with E-state index < -0.39 is 0 Å². The van der Waals surface area contributed by atoms with Crippen LogP contribution in [0, 0.1) is 5.92 Å². The molecule has 0 aliphatic carbocycles. The summed E-state index contributed by atoms with van der Waals surface area (Å²) in [5, 5.41) is 0. The van der Waals surface area contributed by atoms with Crippen molar-refractivity contribution in [2.45, 2.75) is 32.6 Å². The Morgan fingerprint density at radius 3 is 2.83 bits per heavy atom. The van der Waals surface area contributed by atoms with Crippen molar-refractivity contribution in [3.8, 4) is 5.75 Å². The maximum Gasteiger partial charge on any atom is 0.310 e. The molecule has 0 saturated carbocycles. The third-order valence-electron chi connectivity index (χ3n) is 4.19. The number of aryl methyl sites for hydroxylation is 1. The highest BCUT2D eigenvalue weighted by atomic mass is 16.5. The monoisotopic (exact) mass is 319 g/mol. The number of piperidine rings is 1. The van der Waals surface area contributed by atoms with E-state index in [2.05, 4.69) is 0 Å². The van der Waals surface area contributed by atoms with Crippen molar-refractivity contribution in [1.29, 1.82) is 0 Å². The lowest BCUT2D eigenvalue weighted by molar-refractivity contribution is -0.151. The molecule has 1 heterocycles. The molecule has 1 amide bonds. The number of carbonyl (C=O) groups excluding carboxylic acids is 2. The van der Waals surface area contributed by atoms with E-state index >= 15 is 0 Å². The highest BCUT2D eigenvalue weighted by Crippen LogP contribution is 2.21. The first-order chi connectivity index (χ1) is 11.2. The molecule has 0 spiro atoms. The normalized spacial score (nSPS) is 17.7. The highest BCUT2D eigenvalue weighted by Gasteiger charge is 2.29. The third kappa shape index (κ3) is 4.71. The predicted molar refractivity (Wildman–Crippen MR) is 87.3 cm³/mol. The van der Waals surface area contributed by atoms with Crippen LogP contribution >= 0.6 is 0 Å². The van der Waals surface area contributed by atoms with E-state index in [0.717, 1.165) is 30.7 Å². The maximum absolute atomic E-state index is 12.4. The van der Waals surface area contributed by atoms with Gasteiger partial charge in [-0.05, 0) is 37.8 Å². The standard InChI is InChI=1S/C18H25NO4/c1-3-23-18(21)15-8-6-12-19(13-15)17(20)11-10-14-7-4-5-9-16(14)22-2/h4-5,7,9,15H,3,6,8,10-13H2,1-2H3. The summed E-state index contributed by atoms with van der Waals surface area (Å²) in [6.45, 7) is 3.39. The van der Waals surface area contributed by atoms with E-state index in [1.165, 1.54) is 0 Å². The molecular weight excluding hydrogens is 294 g/mol. The molecule has 1 aliphatic heterocycles. The largest absolute Gasteiger partial charge is 0.496 e. The van der Waals surface area contributed by atoms with E-state index in [1.807, 2.05) is 24.3 Å². The van der Waals surface area contributed by atoms with Crippen LogP contribution in [0.5, 0.6) is 5.75 Å². The molecule has 0 bridgehead atoms. The Kier molecular flexibility index (Phi) is 6.44. The van der Waals surface area contributed by atoms with E-state index in [-0.39, 0.29) is 17.8 Å².